The number of anilines is 1. The van der Waals surface area contributed by atoms with E-state index in [2.05, 4.69) is 37.5 Å². The summed E-state index contributed by atoms with van der Waals surface area (Å²) < 4.78 is 7.18. The minimum atomic E-state index is -0.395. The first-order chi connectivity index (χ1) is 16.0. The SMILES string of the molecule is CCCCOC(C)Nc1c(C(=N)N)[nH]c(=O)n1Cc1cnc(CNCc2ccncc2)cn1. The van der Waals surface area contributed by atoms with Crippen LogP contribution in [0, 0.1) is 5.41 Å². The number of unbranched alkanes of at least 4 members (excludes halogenated alkanes) is 1. The highest BCUT2D eigenvalue weighted by atomic mass is 16.5. The van der Waals surface area contributed by atoms with E-state index >= 15 is 0 Å². The highest BCUT2D eigenvalue weighted by molar-refractivity contribution is 5.97. The van der Waals surface area contributed by atoms with Gasteiger partial charge in [0.05, 0.1) is 30.3 Å². The molecule has 1 atom stereocenters. The van der Waals surface area contributed by atoms with Gasteiger partial charge in [-0.1, -0.05) is 13.3 Å². The third kappa shape index (κ3) is 6.96. The molecule has 3 aromatic heterocycles. The molecule has 0 spiro atoms. The van der Waals surface area contributed by atoms with E-state index in [0.717, 1.165) is 24.1 Å². The number of hydrogen-bond donors (Lipinski definition) is 5. The van der Waals surface area contributed by atoms with Crippen LogP contribution in [0.3, 0.4) is 0 Å². The summed E-state index contributed by atoms with van der Waals surface area (Å²) in [6, 6.07) is 3.90. The lowest BCUT2D eigenvalue weighted by atomic mass is 10.2. The van der Waals surface area contributed by atoms with Crippen molar-refractivity contribution in [2.75, 3.05) is 11.9 Å². The van der Waals surface area contributed by atoms with E-state index in [-0.39, 0.29) is 24.3 Å². The number of pyridine rings is 1. The van der Waals surface area contributed by atoms with Gasteiger partial charge >= 0.3 is 5.69 Å². The number of aromatic amines is 1. The molecule has 0 aliphatic heterocycles. The summed E-state index contributed by atoms with van der Waals surface area (Å²) in [6.07, 6.45) is 8.43. The zero-order chi connectivity index (χ0) is 23.6. The second-order valence-corrected chi connectivity index (χ2v) is 7.62. The van der Waals surface area contributed by atoms with E-state index in [0.29, 0.717) is 31.2 Å². The van der Waals surface area contributed by atoms with Gasteiger partial charge < -0.3 is 26.1 Å². The fourth-order valence-electron chi connectivity index (χ4n) is 3.16. The molecule has 11 heteroatoms. The van der Waals surface area contributed by atoms with E-state index in [9.17, 15) is 4.79 Å². The predicted octanol–water partition coefficient (Wildman–Crippen LogP) is 1.56. The van der Waals surface area contributed by atoms with Crippen molar-refractivity contribution in [1.29, 1.82) is 5.41 Å². The van der Waals surface area contributed by atoms with Crippen LogP contribution in [0.2, 0.25) is 0 Å². The van der Waals surface area contributed by atoms with Gasteiger partial charge in [0.15, 0.2) is 0 Å². The minimum Gasteiger partial charge on any atom is -0.382 e. The van der Waals surface area contributed by atoms with Gasteiger partial charge in [-0.05, 0) is 31.0 Å². The minimum absolute atomic E-state index is 0.171. The summed E-state index contributed by atoms with van der Waals surface area (Å²) in [5, 5.41) is 14.3. The third-order valence-corrected chi connectivity index (χ3v) is 4.92. The Hall–Kier alpha value is -3.57. The molecule has 3 aromatic rings. The number of aromatic nitrogens is 5. The zero-order valence-corrected chi connectivity index (χ0v) is 19.0. The number of nitrogens with one attached hydrogen (secondary N) is 4. The van der Waals surface area contributed by atoms with Crippen molar-refractivity contribution in [3.05, 3.63) is 70.0 Å². The first-order valence-electron chi connectivity index (χ1n) is 10.9. The van der Waals surface area contributed by atoms with Gasteiger partial charge in [0.2, 0.25) is 0 Å². The standard InChI is InChI=1S/C22H31N9O2/c1-3-4-9-33-15(2)29-21-19(20(23)24)30-22(32)31(21)14-18-13-27-17(12-28-18)11-26-10-16-5-7-25-8-6-16/h5-8,12-13,15,26,29H,3-4,9-11,14H2,1-2H3,(H3,23,24)(H,30,32). The van der Waals surface area contributed by atoms with E-state index in [1.54, 1.807) is 24.8 Å². The normalized spacial score (nSPS) is 11.9. The van der Waals surface area contributed by atoms with Crippen LogP contribution in [-0.4, -0.2) is 43.2 Å². The fourth-order valence-corrected chi connectivity index (χ4v) is 3.16. The quantitative estimate of drug-likeness (QED) is 0.113. The zero-order valence-electron chi connectivity index (χ0n) is 19.0. The van der Waals surface area contributed by atoms with Gasteiger partial charge in [0, 0.05) is 32.1 Å². The lowest BCUT2D eigenvalue weighted by Crippen LogP contribution is -2.26. The van der Waals surface area contributed by atoms with Gasteiger partial charge in [0.25, 0.3) is 0 Å². The Balaban J connectivity index is 1.66. The Morgan fingerprint density at radius 3 is 2.64 bits per heavy atom. The molecule has 3 heterocycles. The van der Waals surface area contributed by atoms with Crippen molar-refractivity contribution in [2.24, 2.45) is 5.73 Å². The molecular weight excluding hydrogens is 422 g/mol. The van der Waals surface area contributed by atoms with Crippen molar-refractivity contribution in [1.82, 2.24) is 29.8 Å². The average molecular weight is 454 g/mol. The summed E-state index contributed by atoms with van der Waals surface area (Å²) in [4.78, 5) is 28.1. The Morgan fingerprint density at radius 1 is 1.24 bits per heavy atom. The Bertz CT molecular complexity index is 1080. The van der Waals surface area contributed by atoms with Crippen molar-refractivity contribution in [3.8, 4) is 0 Å². The van der Waals surface area contributed by atoms with Crippen molar-refractivity contribution in [2.45, 2.75) is 52.6 Å². The van der Waals surface area contributed by atoms with Gasteiger partial charge in [0.1, 0.15) is 23.6 Å². The van der Waals surface area contributed by atoms with E-state index in [1.807, 2.05) is 19.1 Å². The van der Waals surface area contributed by atoms with Crippen LogP contribution in [0.4, 0.5) is 5.82 Å². The number of rotatable bonds is 13. The number of nitrogens with zero attached hydrogens (tertiary/aromatic N) is 4. The molecule has 0 amide bonds. The maximum atomic E-state index is 12.6. The molecule has 1 unspecified atom stereocenters. The highest BCUT2D eigenvalue weighted by Gasteiger charge is 2.19. The molecule has 0 saturated carbocycles. The molecule has 0 aromatic carbocycles. The van der Waals surface area contributed by atoms with Crippen LogP contribution in [0.5, 0.6) is 0 Å². The Labute approximate surface area is 192 Å². The molecule has 0 fully saturated rings. The second kappa shape index (κ2) is 11.9. The molecular formula is C22H31N9O2. The second-order valence-electron chi connectivity index (χ2n) is 7.62. The summed E-state index contributed by atoms with van der Waals surface area (Å²) in [5.41, 5.74) is 8.03. The summed E-state index contributed by atoms with van der Waals surface area (Å²) in [5.74, 6) is 0.150. The predicted molar refractivity (Wildman–Crippen MR) is 126 cm³/mol. The van der Waals surface area contributed by atoms with Crippen LogP contribution in [0.25, 0.3) is 0 Å². The third-order valence-electron chi connectivity index (χ3n) is 4.92. The van der Waals surface area contributed by atoms with Crippen LogP contribution in [-0.2, 0) is 24.4 Å². The van der Waals surface area contributed by atoms with E-state index in [4.69, 9.17) is 15.9 Å². The van der Waals surface area contributed by atoms with E-state index in [1.165, 1.54) is 4.57 Å². The molecule has 11 nitrogen and oxygen atoms in total. The van der Waals surface area contributed by atoms with Crippen LogP contribution < -0.4 is 22.1 Å². The number of ether oxygens (including phenoxy) is 1. The molecule has 0 saturated heterocycles. The van der Waals surface area contributed by atoms with Gasteiger partial charge in [-0.25, -0.2) is 4.79 Å². The summed E-state index contributed by atoms with van der Waals surface area (Å²) in [7, 11) is 0. The summed E-state index contributed by atoms with van der Waals surface area (Å²) in [6.45, 7) is 5.96. The lowest BCUT2D eigenvalue weighted by molar-refractivity contribution is 0.0820. The maximum Gasteiger partial charge on any atom is 0.328 e. The smallest absolute Gasteiger partial charge is 0.328 e. The van der Waals surface area contributed by atoms with Crippen LogP contribution >= 0.6 is 0 Å². The molecule has 0 aliphatic rings. The molecule has 0 bridgehead atoms. The number of amidine groups is 1. The Morgan fingerprint density at radius 2 is 1.97 bits per heavy atom. The molecule has 33 heavy (non-hydrogen) atoms. The number of nitrogens with two attached hydrogens (primary N) is 1. The first kappa shape index (κ1) is 24.1. The van der Waals surface area contributed by atoms with Crippen molar-refractivity contribution >= 4 is 11.7 Å². The van der Waals surface area contributed by atoms with Crippen LogP contribution in [0.1, 0.15) is 49.3 Å². The van der Waals surface area contributed by atoms with Crippen LogP contribution in [0.15, 0.2) is 41.7 Å². The molecule has 176 valence electrons. The highest BCUT2D eigenvalue weighted by Crippen LogP contribution is 2.15. The topological polar surface area (TPSA) is 160 Å². The number of hydrogen-bond acceptors (Lipinski definition) is 8. The first-order valence-corrected chi connectivity index (χ1v) is 10.9. The fraction of sp³-hybridized carbons (Fsp3) is 0.409. The number of imidazole rings is 1. The van der Waals surface area contributed by atoms with Crippen molar-refractivity contribution in [3.63, 3.8) is 0 Å². The van der Waals surface area contributed by atoms with Gasteiger partial charge in [-0.3, -0.25) is 24.9 Å². The number of nitrogen functional groups attached to an aromatic ring is 1. The molecule has 6 N–H and O–H groups in total. The van der Waals surface area contributed by atoms with E-state index < -0.39 is 5.69 Å². The monoisotopic (exact) mass is 453 g/mol. The lowest BCUT2D eigenvalue weighted by Gasteiger charge is -2.18. The van der Waals surface area contributed by atoms with Gasteiger partial charge in [-0.15, -0.1) is 0 Å². The molecule has 3 rings (SSSR count). The molecule has 0 radical (unpaired) electrons. The molecule has 0 aliphatic carbocycles. The Kier molecular flexibility index (Phi) is 8.67. The maximum absolute atomic E-state index is 12.6. The average Bonchev–Trinajstić information content (AvgIpc) is 3.11. The largest absolute Gasteiger partial charge is 0.382 e. The number of H-pyrrole nitrogens is 1. The van der Waals surface area contributed by atoms with Gasteiger partial charge in [-0.2, -0.15) is 0 Å². The summed E-state index contributed by atoms with van der Waals surface area (Å²) >= 11 is 0. The van der Waals surface area contributed by atoms with Crippen molar-refractivity contribution < 1.29 is 4.74 Å².